The standard InChI is InChI=1S/C28H34B2N4O3/c1-18(2)15-20-9-6-10-21-16-22(31-25(20)21)17-34-14-8-11-23(27(34)37)32-26(36)19(3)28(29,30)13-7-12-24(35)33(4)5/h6-12,14,16,18-19,31H,13,15,17H2,1-5H3,(H,32,36)/b12-7+. The van der Waals surface area contributed by atoms with Crippen LogP contribution in [0.4, 0.5) is 5.69 Å². The van der Waals surface area contributed by atoms with Crippen LogP contribution >= 0.6 is 0 Å². The Balaban J connectivity index is 1.74. The van der Waals surface area contributed by atoms with E-state index in [1.165, 1.54) is 16.5 Å². The highest BCUT2D eigenvalue weighted by Crippen LogP contribution is 2.33. The number of pyridine rings is 1. The van der Waals surface area contributed by atoms with E-state index in [9.17, 15) is 14.4 Å². The molecule has 1 atom stereocenters. The van der Waals surface area contributed by atoms with E-state index in [0.29, 0.717) is 12.5 Å². The molecule has 3 rings (SSSR count). The van der Waals surface area contributed by atoms with Gasteiger partial charge in [0.25, 0.3) is 5.56 Å². The topological polar surface area (TPSA) is 87.2 Å². The number of anilines is 1. The van der Waals surface area contributed by atoms with Gasteiger partial charge >= 0.3 is 0 Å². The number of para-hydroxylation sites is 1. The highest BCUT2D eigenvalue weighted by Gasteiger charge is 2.30. The molecule has 1 aromatic carbocycles. The minimum Gasteiger partial charge on any atom is -0.357 e. The smallest absolute Gasteiger partial charge is 0.274 e. The Morgan fingerprint density at radius 1 is 1.16 bits per heavy atom. The highest BCUT2D eigenvalue weighted by atomic mass is 16.2. The molecule has 0 saturated carbocycles. The molecule has 9 heteroatoms. The molecule has 7 nitrogen and oxygen atoms in total. The van der Waals surface area contributed by atoms with E-state index < -0.39 is 17.0 Å². The van der Waals surface area contributed by atoms with Crippen molar-refractivity contribution in [2.24, 2.45) is 11.8 Å². The minimum absolute atomic E-state index is 0.110. The second-order valence-electron chi connectivity index (χ2n) is 10.3. The molecule has 0 spiro atoms. The second kappa shape index (κ2) is 11.7. The Hall–Kier alpha value is -3.48. The fourth-order valence-electron chi connectivity index (χ4n) is 4.09. The summed E-state index contributed by atoms with van der Waals surface area (Å²) in [5, 5.41) is 2.37. The number of allylic oxidation sites excluding steroid dienone is 1. The van der Waals surface area contributed by atoms with Crippen molar-refractivity contribution in [3.8, 4) is 0 Å². The summed E-state index contributed by atoms with van der Waals surface area (Å²) in [6.07, 6.45) is 5.67. The van der Waals surface area contributed by atoms with Crippen molar-refractivity contribution in [1.82, 2.24) is 14.5 Å². The van der Waals surface area contributed by atoms with E-state index in [1.807, 2.05) is 12.1 Å². The zero-order valence-corrected chi connectivity index (χ0v) is 22.2. The second-order valence-corrected chi connectivity index (χ2v) is 10.3. The summed E-state index contributed by atoms with van der Waals surface area (Å²) < 4.78 is 1.54. The van der Waals surface area contributed by atoms with Crippen molar-refractivity contribution >= 4 is 44.1 Å². The van der Waals surface area contributed by atoms with Gasteiger partial charge in [0.1, 0.15) is 5.69 Å². The number of aromatic amines is 1. The molecule has 0 aliphatic rings. The third kappa shape index (κ3) is 7.06. The molecule has 1 unspecified atom stereocenters. The Kier molecular flexibility index (Phi) is 8.89. The number of amides is 2. The first-order valence-corrected chi connectivity index (χ1v) is 12.4. The lowest BCUT2D eigenvalue weighted by Crippen LogP contribution is -2.35. The first kappa shape index (κ1) is 28.1. The van der Waals surface area contributed by atoms with Gasteiger partial charge in [0.05, 0.1) is 22.2 Å². The molecule has 0 aliphatic heterocycles. The first-order valence-electron chi connectivity index (χ1n) is 12.4. The van der Waals surface area contributed by atoms with Crippen molar-refractivity contribution < 1.29 is 9.59 Å². The molecule has 3 aromatic rings. The summed E-state index contributed by atoms with van der Waals surface area (Å²) >= 11 is 0. The van der Waals surface area contributed by atoms with Gasteiger partial charge < -0.3 is 19.8 Å². The Morgan fingerprint density at radius 2 is 1.89 bits per heavy atom. The van der Waals surface area contributed by atoms with Crippen molar-refractivity contribution in [3.63, 3.8) is 0 Å². The van der Waals surface area contributed by atoms with Gasteiger partial charge in [-0.2, -0.15) is 0 Å². The van der Waals surface area contributed by atoms with Crippen LogP contribution in [0.5, 0.6) is 0 Å². The van der Waals surface area contributed by atoms with E-state index in [2.05, 4.69) is 36.3 Å². The van der Waals surface area contributed by atoms with Gasteiger partial charge in [-0.3, -0.25) is 14.4 Å². The Bertz CT molecular complexity index is 1350. The molecule has 0 fully saturated rings. The SMILES string of the molecule is [B]C([B])(C/C=C/C(=O)N(C)C)C(C)C(=O)Nc1cccn(Cc2cc3cccc(CC(C)C)c3[nH]2)c1=O. The lowest BCUT2D eigenvalue weighted by atomic mass is 9.47. The summed E-state index contributed by atoms with van der Waals surface area (Å²) in [6, 6.07) is 11.5. The van der Waals surface area contributed by atoms with Gasteiger partial charge in [0, 0.05) is 37.4 Å². The summed E-state index contributed by atoms with van der Waals surface area (Å²) in [4.78, 5) is 42.6. The van der Waals surface area contributed by atoms with Crippen molar-refractivity contribution in [3.05, 3.63) is 76.4 Å². The molecule has 2 heterocycles. The molecular weight excluding hydrogens is 462 g/mol. The zero-order valence-electron chi connectivity index (χ0n) is 22.2. The molecule has 2 N–H and O–H groups in total. The molecule has 0 aliphatic carbocycles. The van der Waals surface area contributed by atoms with Crippen LogP contribution in [-0.4, -0.2) is 56.1 Å². The predicted octanol–water partition coefficient (Wildman–Crippen LogP) is 3.64. The number of H-pyrrole nitrogens is 1. The number of nitrogens with zero attached hydrogens (tertiary/aromatic N) is 2. The van der Waals surface area contributed by atoms with Crippen molar-refractivity contribution in [1.29, 1.82) is 0 Å². The number of hydrogen-bond acceptors (Lipinski definition) is 3. The fraction of sp³-hybridized carbons (Fsp3) is 0.393. The van der Waals surface area contributed by atoms with Gasteiger partial charge in [0.15, 0.2) is 0 Å². The van der Waals surface area contributed by atoms with Gasteiger partial charge in [-0.25, -0.2) is 0 Å². The zero-order chi connectivity index (χ0) is 27.3. The average molecular weight is 496 g/mol. The fourth-order valence-corrected chi connectivity index (χ4v) is 4.09. The van der Waals surface area contributed by atoms with Gasteiger partial charge in [-0.15, -0.1) is 0 Å². The van der Waals surface area contributed by atoms with Gasteiger partial charge in [-0.1, -0.05) is 50.3 Å². The number of nitrogens with one attached hydrogen (secondary N) is 2. The molecule has 190 valence electrons. The average Bonchev–Trinajstić information content (AvgIpc) is 3.24. The van der Waals surface area contributed by atoms with E-state index in [4.69, 9.17) is 15.7 Å². The molecule has 4 radical (unpaired) electrons. The number of likely N-dealkylation sites (N-methyl/N-ethyl adjacent to an activating group) is 1. The number of hydrogen-bond donors (Lipinski definition) is 2. The molecule has 0 saturated heterocycles. The monoisotopic (exact) mass is 496 g/mol. The third-order valence-electron chi connectivity index (χ3n) is 6.42. The van der Waals surface area contributed by atoms with Crippen LogP contribution in [0.2, 0.25) is 5.21 Å². The van der Waals surface area contributed by atoms with E-state index in [1.54, 1.807) is 50.0 Å². The minimum atomic E-state index is -1.40. The Morgan fingerprint density at radius 3 is 2.57 bits per heavy atom. The summed E-state index contributed by atoms with van der Waals surface area (Å²) in [7, 11) is 15.6. The van der Waals surface area contributed by atoms with Crippen LogP contribution in [-0.2, 0) is 22.6 Å². The number of carbonyl (C=O) groups is 2. The van der Waals surface area contributed by atoms with Crippen LogP contribution in [0.1, 0.15) is 38.4 Å². The normalized spacial score (nSPS) is 12.8. The van der Waals surface area contributed by atoms with Crippen LogP contribution < -0.4 is 10.9 Å². The molecule has 37 heavy (non-hydrogen) atoms. The highest BCUT2D eigenvalue weighted by molar-refractivity contribution is 6.41. The van der Waals surface area contributed by atoms with Crippen molar-refractivity contribution in [2.45, 2.75) is 45.4 Å². The van der Waals surface area contributed by atoms with Gasteiger partial charge in [0.2, 0.25) is 11.8 Å². The lowest BCUT2D eigenvalue weighted by Gasteiger charge is -2.30. The van der Waals surface area contributed by atoms with E-state index in [0.717, 1.165) is 23.0 Å². The van der Waals surface area contributed by atoms with E-state index >= 15 is 0 Å². The van der Waals surface area contributed by atoms with E-state index in [-0.39, 0.29) is 23.6 Å². The number of aromatic nitrogens is 2. The quantitative estimate of drug-likeness (QED) is 0.332. The number of carbonyl (C=O) groups excluding carboxylic acids is 2. The van der Waals surface area contributed by atoms with Gasteiger partial charge in [-0.05, 0) is 54.0 Å². The first-order chi connectivity index (χ1) is 17.4. The predicted molar refractivity (Wildman–Crippen MR) is 151 cm³/mol. The maximum Gasteiger partial charge on any atom is 0.274 e. The largest absolute Gasteiger partial charge is 0.357 e. The van der Waals surface area contributed by atoms with Crippen molar-refractivity contribution in [2.75, 3.05) is 19.4 Å². The number of rotatable bonds is 10. The lowest BCUT2D eigenvalue weighted by molar-refractivity contribution is -0.123. The number of fused-ring (bicyclic) bond motifs is 1. The summed E-state index contributed by atoms with van der Waals surface area (Å²) in [5.74, 6) is -0.979. The molecule has 2 amide bonds. The van der Waals surface area contributed by atoms with Crippen LogP contribution in [0.3, 0.4) is 0 Å². The summed E-state index contributed by atoms with van der Waals surface area (Å²) in [5.41, 5.74) is 3.03. The number of benzene rings is 1. The third-order valence-corrected chi connectivity index (χ3v) is 6.42. The van der Waals surface area contributed by atoms with Crippen LogP contribution in [0.25, 0.3) is 10.9 Å². The molecule has 2 aromatic heterocycles. The van der Waals surface area contributed by atoms with Crippen LogP contribution in [0, 0.1) is 11.8 Å². The molecular formula is C28H34B2N4O3. The van der Waals surface area contributed by atoms with Crippen LogP contribution in [0.15, 0.2) is 59.5 Å². The molecule has 0 bridgehead atoms. The Labute approximate surface area is 221 Å². The maximum atomic E-state index is 13.1. The maximum absolute atomic E-state index is 13.1. The summed E-state index contributed by atoms with van der Waals surface area (Å²) in [6.45, 7) is 6.30.